The van der Waals surface area contributed by atoms with Crippen LogP contribution in [-0.2, 0) is 17.8 Å². The summed E-state index contributed by atoms with van der Waals surface area (Å²) < 4.78 is 19.7. The SMILES string of the molecule is Cc1cc(CN(C)C(=O)C(Cc2ccc(F)cc2)n2nnnc2C)no1. The summed E-state index contributed by atoms with van der Waals surface area (Å²) in [5, 5.41) is 15.4. The molecular weight excluding hydrogens is 339 g/mol. The zero-order valence-electron chi connectivity index (χ0n) is 14.8. The van der Waals surface area contributed by atoms with Crippen molar-refractivity contribution < 1.29 is 13.7 Å². The average Bonchev–Trinajstić information content (AvgIpc) is 3.22. The summed E-state index contributed by atoms with van der Waals surface area (Å²) in [7, 11) is 1.68. The van der Waals surface area contributed by atoms with Crippen LogP contribution >= 0.6 is 0 Å². The van der Waals surface area contributed by atoms with Crippen molar-refractivity contribution in [3.8, 4) is 0 Å². The Balaban J connectivity index is 1.83. The van der Waals surface area contributed by atoms with Gasteiger partial charge in [0.1, 0.15) is 29.1 Å². The van der Waals surface area contributed by atoms with Crippen LogP contribution in [0.1, 0.15) is 28.9 Å². The fraction of sp³-hybridized carbons (Fsp3) is 0.353. The quantitative estimate of drug-likeness (QED) is 0.668. The summed E-state index contributed by atoms with van der Waals surface area (Å²) in [5.41, 5.74) is 1.47. The van der Waals surface area contributed by atoms with Crippen LogP contribution in [-0.4, -0.2) is 43.2 Å². The fourth-order valence-corrected chi connectivity index (χ4v) is 2.72. The molecule has 0 fully saturated rings. The Morgan fingerprint density at radius 3 is 2.62 bits per heavy atom. The summed E-state index contributed by atoms with van der Waals surface area (Å²) in [6.45, 7) is 3.82. The number of hydrogen-bond acceptors (Lipinski definition) is 6. The second-order valence-corrected chi connectivity index (χ2v) is 6.14. The van der Waals surface area contributed by atoms with E-state index in [2.05, 4.69) is 20.7 Å². The molecule has 2 heterocycles. The number of carbonyl (C=O) groups is 1. The van der Waals surface area contributed by atoms with Crippen LogP contribution in [0.4, 0.5) is 4.39 Å². The van der Waals surface area contributed by atoms with Gasteiger partial charge in [-0.15, -0.1) is 5.10 Å². The van der Waals surface area contributed by atoms with Gasteiger partial charge in [-0.1, -0.05) is 17.3 Å². The Bertz CT molecular complexity index is 889. The first-order chi connectivity index (χ1) is 12.4. The maximum absolute atomic E-state index is 13.2. The normalized spacial score (nSPS) is 12.2. The van der Waals surface area contributed by atoms with Crippen molar-refractivity contribution in [3.63, 3.8) is 0 Å². The fourth-order valence-electron chi connectivity index (χ4n) is 2.72. The predicted molar refractivity (Wildman–Crippen MR) is 89.4 cm³/mol. The first-order valence-corrected chi connectivity index (χ1v) is 8.10. The van der Waals surface area contributed by atoms with Gasteiger partial charge in [0.05, 0.1) is 6.54 Å². The molecule has 0 bridgehead atoms. The van der Waals surface area contributed by atoms with Gasteiger partial charge in [-0.05, 0) is 42.0 Å². The number of amides is 1. The molecule has 0 radical (unpaired) electrons. The Kier molecular flexibility index (Phi) is 5.06. The molecule has 0 spiro atoms. The third-order valence-corrected chi connectivity index (χ3v) is 4.03. The number of carbonyl (C=O) groups excluding carboxylic acids is 1. The van der Waals surface area contributed by atoms with E-state index in [-0.39, 0.29) is 11.7 Å². The molecule has 0 saturated heterocycles. The lowest BCUT2D eigenvalue weighted by molar-refractivity contribution is -0.134. The van der Waals surface area contributed by atoms with Gasteiger partial charge in [0.25, 0.3) is 0 Å². The molecule has 1 amide bonds. The van der Waals surface area contributed by atoms with E-state index in [1.54, 1.807) is 44.0 Å². The largest absolute Gasteiger partial charge is 0.361 e. The van der Waals surface area contributed by atoms with Crippen molar-refractivity contribution in [2.45, 2.75) is 32.9 Å². The van der Waals surface area contributed by atoms with Crippen molar-refractivity contribution in [1.82, 2.24) is 30.3 Å². The van der Waals surface area contributed by atoms with Crippen molar-refractivity contribution in [2.75, 3.05) is 7.05 Å². The summed E-state index contributed by atoms with van der Waals surface area (Å²) in [5.74, 6) is 0.704. The molecule has 0 aliphatic carbocycles. The molecule has 1 aromatic carbocycles. The minimum absolute atomic E-state index is 0.176. The Morgan fingerprint density at radius 1 is 1.31 bits per heavy atom. The minimum atomic E-state index is -0.645. The third kappa shape index (κ3) is 3.93. The molecule has 0 aliphatic rings. The van der Waals surface area contributed by atoms with Crippen molar-refractivity contribution >= 4 is 5.91 Å². The Labute approximate surface area is 149 Å². The lowest BCUT2D eigenvalue weighted by atomic mass is 10.0. The molecule has 3 rings (SSSR count). The highest BCUT2D eigenvalue weighted by Gasteiger charge is 2.27. The van der Waals surface area contributed by atoms with Gasteiger partial charge in [-0.3, -0.25) is 4.79 Å². The van der Waals surface area contributed by atoms with Crippen LogP contribution in [0.15, 0.2) is 34.9 Å². The number of aromatic nitrogens is 5. The molecule has 3 aromatic rings. The molecule has 0 saturated carbocycles. The summed E-state index contributed by atoms with van der Waals surface area (Å²) in [6, 6.07) is 7.16. The van der Waals surface area contributed by atoms with Crippen molar-refractivity contribution in [1.29, 1.82) is 0 Å². The lowest BCUT2D eigenvalue weighted by Crippen LogP contribution is -2.36. The topological polar surface area (TPSA) is 89.9 Å². The van der Waals surface area contributed by atoms with E-state index in [0.717, 1.165) is 5.56 Å². The average molecular weight is 358 g/mol. The van der Waals surface area contributed by atoms with Crippen LogP contribution in [0.3, 0.4) is 0 Å². The maximum Gasteiger partial charge on any atom is 0.248 e. The van der Waals surface area contributed by atoms with Crippen molar-refractivity contribution in [3.05, 3.63) is 59.0 Å². The number of benzene rings is 1. The first kappa shape index (κ1) is 17.7. The summed E-state index contributed by atoms with van der Waals surface area (Å²) in [4.78, 5) is 14.6. The van der Waals surface area contributed by atoms with Gasteiger partial charge in [-0.25, -0.2) is 9.07 Å². The molecule has 0 aliphatic heterocycles. The van der Waals surface area contributed by atoms with Gasteiger partial charge < -0.3 is 9.42 Å². The molecule has 1 unspecified atom stereocenters. The lowest BCUT2D eigenvalue weighted by Gasteiger charge is -2.23. The van der Waals surface area contributed by atoms with Gasteiger partial charge in [-0.2, -0.15) is 0 Å². The highest BCUT2D eigenvalue weighted by molar-refractivity contribution is 5.80. The highest BCUT2D eigenvalue weighted by atomic mass is 19.1. The number of aryl methyl sites for hydroxylation is 2. The second kappa shape index (κ2) is 7.42. The van der Waals surface area contributed by atoms with Crippen LogP contribution in [0.5, 0.6) is 0 Å². The van der Waals surface area contributed by atoms with E-state index in [1.165, 1.54) is 16.8 Å². The summed E-state index contributed by atoms with van der Waals surface area (Å²) >= 11 is 0. The van der Waals surface area contributed by atoms with Gasteiger partial charge >= 0.3 is 0 Å². The molecule has 0 N–H and O–H groups in total. The van der Waals surface area contributed by atoms with E-state index < -0.39 is 6.04 Å². The standard InChI is InChI=1S/C17H19FN6O2/c1-11-8-15(20-26-11)10-23(3)17(25)16(24-12(2)19-21-22-24)9-13-4-6-14(18)7-5-13/h4-8,16H,9-10H2,1-3H3. The number of tetrazole rings is 1. The van der Waals surface area contributed by atoms with Crippen LogP contribution < -0.4 is 0 Å². The maximum atomic E-state index is 13.2. The van der Waals surface area contributed by atoms with E-state index >= 15 is 0 Å². The molecule has 2 aromatic heterocycles. The predicted octanol–water partition coefficient (Wildman–Crippen LogP) is 1.86. The van der Waals surface area contributed by atoms with E-state index in [1.807, 2.05) is 0 Å². The third-order valence-electron chi connectivity index (χ3n) is 4.03. The van der Waals surface area contributed by atoms with E-state index in [9.17, 15) is 9.18 Å². The Morgan fingerprint density at radius 2 is 2.04 bits per heavy atom. The number of rotatable bonds is 6. The molecule has 9 heteroatoms. The van der Waals surface area contributed by atoms with Crippen molar-refractivity contribution in [2.24, 2.45) is 0 Å². The highest BCUT2D eigenvalue weighted by Crippen LogP contribution is 2.19. The van der Waals surface area contributed by atoms with Crippen LogP contribution in [0.2, 0.25) is 0 Å². The molecule has 1 atom stereocenters. The molecule has 8 nitrogen and oxygen atoms in total. The number of halogens is 1. The van der Waals surface area contributed by atoms with Crippen LogP contribution in [0.25, 0.3) is 0 Å². The monoisotopic (exact) mass is 358 g/mol. The first-order valence-electron chi connectivity index (χ1n) is 8.10. The number of likely N-dealkylation sites (N-methyl/N-ethyl adjacent to an activating group) is 1. The molecule has 26 heavy (non-hydrogen) atoms. The molecule has 136 valence electrons. The molecular formula is C17H19FN6O2. The Hall–Kier alpha value is -3.10. The van der Waals surface area contributed by atoms with E-state index in [0.29, 0.717) is 30.2 Å². The van der Waals surface area contributed by atoms with Gasteiger partial charge in [0.2, 0.25) is 5.91 Å². The smallest absolute Gasteiger partial charge is 0.248 e. The van der Waals surface area contributed by atoms with Gasteiger partial charge in [0.15, 0.2) is 0 Å². The number of hydrogen-bond donors (Lipinski definition) is 0. The zero-order chi connectivity index (χ0) is 18.7. The van der Waals surface area contributed by atoms with E-state index in [4.69, 9.17) is 4.52 Å². The second-order valence-electron chi connectivity index (χ2n) is 6.14. The zero-order valence-corrected chi connectivity index (χ0v) is 14.8. The number of nitrogens with zero attached hydrogens (tertiary/aromatic N) is 6. The van der Waals surface area contributed by atoms with Crippen LogP contribution in [0, 0.1) is 19.7 Å². The summed E-state index contributed by atoms with van der Waals surface area (Å²) in [6.07, 6.45) is 0.340. The van der Waals surface area contributed by atoms with Gasteiger partial charge in [0, 0.05) is 19.5 Å². The minimum Gasteiger partial charge on any atom is -0.361 e.